The molecule has 0 aromatic heterocycles. The van der Waals surface area contributed by atoms with Gasteiger partial charge in [0.1, 0.15) is 0 Å². The van der Waals surface area contributed by atoms with Crippen LogP contribution in [0.4, 0.5) is 0 Å². The minimum absolute atomic E-state index is 1.57. The Balaban J connectivity index is 2.42. The number of hydrogen-bond acceptors (Lipinski definition) is 5. The molecule has 0 aromatic carbocycles. The highest BCUT2D eigenvalue weighted by Gasteiger charge is 2.03. The minimum atomic E-state index is 1.57. The zero-order chi connectivity index (χ0) is 7.40. The van der Waals surface area contributed by atoms with E-state index in [4.69, 9.17) is 0 Å². The van der Waals surface area contributed by atoms with Crippen LogP contribution in [0.1, 0.15) is 0 Å². The van der Waals surface area contributed by atoms with E-state index in [0.29, 0.717) is 0 Å². The molecular formula is C5H11N5. The highest BCUT2D eigenvalue weighted by molar-refractivity contribution is 5.70. The van der Waals surface area contributed by atoms with Crippen LogP contribution >= 0.6 is 0 Å². The van der Waals surface area contributed by atoms with Crippen LogP contribution in [-0.2, 0) is 0 Å². The lowest BCUT2D eigenvalue weighted by molar-refractivity contribution is -0.0689. The predicted molar refractivity (Wildman–Crippen MR) is 39.4 cm³/mol. The molecule has 1 heterocycles. The van der Waals surface area contributed by atoms with Crippen LogP contribution in [0, 0.1) is 0 Å². The minimum Gasteiger partial charge on any atom is -0.273 e. The molecular weight excluding hydrogens is 130 g/mol. The van der Waals surface area contributed by atoms with Crippen molar-refractivity contribution in [1.82, 2.24) is 21.2 Å². The fraction of sp³-hybridized carbons (Fsp3) is 0.400. The third kappa shape index (κ3) is 1.46. The number of hydrogen-bond donors (Lipinski definition) is 2. The van der Waals surface area contributed by atoms with Crippen LogP contribution < -0.4 is 10.9 Å². The Morgan fingerprint density at radius 2 is 2.50 bits per heavy atom. The summed E-state index contributed by atoms with van der Waals surface area (Å²) in [5.41, 5.74) is 5.77. The van der Waals surface area contributed by atoms with Gasteiger partial charge >= 0.3 is 0 Å². The Bertz CT molecular complexity index is 152. The largest absolute Gasteiger partial charge is 0.273 e. The Labute approximate surface area is 59.9 Å². The Kier molecular flexibility index (Phi) is 2.24. The van der Waals surface area contributed by atoms with Crippen LogP contribution in [0.5, 0.6) is 0 Å². The third-order valence-electron chi connectivity index (χ3n) is 1.16. The maximum atomic E-state index is 3.97. The van der Waals surface area contributed by atoms with Crippen LogP contribution in [-0.4, -0.2) is 30.7 Å². The molecule has 0 aromatic rings. The van der Waals surface area contributed by atoms with E-state index in [2.05, 4.69) is 16.0 Å². The lowest BCUT2D eigenvalue weighted by atomic mass is 10.7. The van der Waals surface area contributed by atoms with Gasteiger partial charge in [0.2, 0.25) is 0 Å². The zero-order valence-electron chi connectivity index (χ0n) is 6.07. The highest BCUT2D eigenvalue weighted by Crippen LogP contribution is 1.89. The van der Waals surface area contributed by atoms with E-state index < -0.39 is 0 Å². The molecule has 5 heteroatoms. The van der Waals surface area contributed by atoms with Crippen LogP contribution in [0.3, 0.4) is 0 Å². The van der Waals surface area contributed by atoms with E-state index in [0.717, 1.165) is 0 Å². The smallest absolute Gasteiger partial charge is 0.0522 e. The van der Waals surface area contributed by atoms with Gasteiger partial charge in [0.25, 0.3) is 0 Å². The number of nitrogens with one attached hydrogen (secondary N) is 2. The van der Waals surface area contributed by atoms with Crippen molar-refractivity contribution in [2.75, 3.05) is 14.1 Å². The number of nitrogens with zero attached hydrogens (tertiary/aromatic N) is 3. The monoisotopic (exact) mass is 141 g/mol. The zero-order valence-corrected chi connectivity index (χ0v) is 6.07. The molecule has 0 atom stereocenters. The summed E-state index contributed by atoms with van der Waals surface area (Å²) in [6, 6.07) is 0. The van der Waals surface area contributed by atoms with Gasteiger partial charge < -0.3 is 0 Å². The summed E-state index contributed by atoms with van der Waals surface area (Å²) >= 11 is 0. The van der Waals surface area contributed by atoms with Crippen molar-refractivity contribution in [2.45, 2.75) is 0 Å². The number of rotatable bonds is 2. The second-order valence-electron chi connectivity index (χ2n) is 1.79. The summed E-state index contributed by atoms with van der Waals surface area (Å²) in [6.45, 7) is 0. The van der Waals surface area contributed by atoms with E-state index in [1.165, 1.54) is 0 Å². The van der Waals surface area contributed by atoms with Gasteiger partial charge in [0.15, 0.2) is 0 Å². The van der Waals surface area contributed by atoms with Gasteiger partial charge in [0.05, 0.1) is 6.21 Å². The van der Waals surface area contributed by atoms with E-state index in [1.807, 2.05) is 20.2 Å². The average molecular weight is 141 g/mol. The van der Waals surface area contributed by atoms with Crippen LogP contribution in [0.2, 0.25) is 0 Å². The molecule has 1 aliphatic heterocycles. The van der Waals surface area contributed by atoms with Gasteiger partial charge in [-0.25, -0.2) is 5.43 Å². The standard InChI is InChI=1S/C5H11N5/c1-6-9(2)10-7-4-3-5-8-10/h3-7H,1-2H3. The molecule has 1 rings (SSSR count). The molecule has 0 bridgehead atoms. The van der Waals surface area contributed by atoms with Crippen molar-refractivity contribution < 1.29 is 0 Å². The van der Waals surface area contributed by atoms with Gasteiger partial charge in [-0.2, -0.15) is 0 Å². The van der Waals surface area contributed by atoms with E-state index in [9.17, 15) is 0 Å². The summed E-state index contributed by atoms with van der Waals surface area (Å²) in [6.07, 6.45) is 5.31. The van der Waals surface area contributed by atoms with Crippen LogP contribution in [0.15, 0.2) is 17.4 Å². The topological polar surface area (TPSA) is 42.9 Å². The first-order valence-corrected chi connectivity index (χ1v) is 3.01. The average Bonchev–Trinajstić information content (AvgIpc) is 2.05. The summed E-state index contributed by atoms with van der Waals surface area (Å²) in [5.74, 6) is 0. The Hall–Kier alpha value is -1.07. The molecule has 2 N–H and O–H groups in total. The highest BCUT2D eigenvalue weighted by atomic mass is 16.0. The molecule has 0 unspecified atom stereocenters. The van der Waals surface area contributed by atoms with E-state index >= 15 is 0 Å². The van der Waals surface area contributed by atoms with Gasteiger partial charge in [-0.15, -0.1) is 15.4 Å². The van der Waals surface area contributed by atoms with Crippen molar-refractivity contribution >= 4 is 6.21 Å². The van der Waals surface area contributed by atoms with Gasteiger partial charge in [-0.1, -0.05) is 0 Å². The second-order valence-corrected chi connectivity index (χ2v) is 1.79. The molecule has 5 nitrogen and oxygen atoms in total. The van der Waals surface area contributed by atoms with Gasteiger partial charge in [0, 0.05) is 20.3 Å². The molecule has 0 fully saturated rings. The van der Waals surface area contributed by atoms with Gasteiger partial charge in [-0.05, 0) is 6.08 Å². The summed E-state index contributed by atoms with van der Waals surface area (Å²) in [4.78, 5) is 0. The normalized spacial score (nSPS) is 16.1. The maximum Gasteiger partial charge on any atom is 0.0522 e. The van der Waals surface area contributed by atoms with E-state index in [1.54, 1.807) is 22.8 Å². The Morgan fingerprint density at radius 3 is 3.00 bits per heavy atom. The Morgan fingerprint density at radius 1 is 1.70 bits per heavy atom. The molecule has 0 spiro atoms. The molecule has 10 heavy (non-hydrogen) atoms. The first-order valence-electron chi connectivity index (χ1n) is 3.01. The lowest BCUT2D eigenvalue weighted by Gasteiger charge is -2.27. The van der Waals surface area contributed by atoms with Crippen molar-refractivity contribution in [1.29, 1.82) is 0 Å². The SMILES string of the molecule is CNN(C)N1N=CC=CN1. The van der Waals surface area contributed by atoms with Crippen molar-refractivity contribution in [3.05, 3.63) is 12.3 Å². The maximum absolute atomic E-state index is 3.97. The molecule has 1 aliphatic rings. The molecule has 56 valence electrons. The van der Waals surface area contributed by atoms with Crippen molar-refractivity contribution in [2.24, 2.45) is 5.10 Å². The molecule has 0 radical (unpaired) electrons. The van der Waals surface area contributed by atoms with Crippen molar-refractivity contribution in [3.8, 4) is 0 Å². The van der Waals surface area contributed by atoms with Crippen molar-refractivity contribution in [3.63, 3.8) is 0 Å². The third-order valence-corrected chi connectivity index (χ3v) is 1.16. The number of hydrazone groups is 1. The fourth-order valence-electron chi connectivity index (χ4n) is 0.546. The summed E-state index contributed by atoms with van der Waals surface area (Å²) in [5, 5.41) is 7.25. The number of allylic oxidation sites excluding steroid dienone is 1. The van der Waals surface area contributed by atoms with Crippen LogP contribution in [0.25, 0.3) is 0 Å². The first kappa shape index (κ1) is 7.04. The summed E-state index contributed by atoms with van der Waals surface area (Å²) < 4.78 is 0. The molecule has 0 amide bonds. The number of hydrazine groups is 3. The molecule has 0 saturated heterocycles. The fourth-order valence-corrected chi connectivity index (χ4v) is 0.546. The van der Waals surface area contributed by atoms with Gasteiger partial charge in [-0.3, -0.25) is 5.43 Å². The lowest BCUT2D eigenvalue weighted by Crippen LogP contribution is -2.49. The first-order chi connectivity index (χ1) is 4.84. The predicted octanol–water partition coefficient (Wildman–Crippen LogP) is -0.713. The molecule has 0 aliphatic carbocycles. The summed E-state index contributed by atoms with van der Waals surface area (Å²) in [7, 11) is 3.67. The second kappa shape index (κ2) is 3.19. The quantitative estimate of drug-likeness (QED) is 0.498. The van der Waals surface area contributed by atoms with E-state index in [-0.39, 0.29) is 0 Å². The molecule has 0 saturated carbocycles.